The number of hydrogen-bond donors (Lipinski definition) is 0. The van der Waals surface area contributed by atoms with Crippen LogP contribution in [0, 0.1) is 11.8 Å². The zero-order chi connectivity index (χ0) is 10.3. The molecule has 0 aromatic rings. The summed E-state index contributed by atoms with van der Waals surface area (Å²) >= 11 is 0. The third-order valence-electron chi connectivity index (χ3n) is 4.64. The van der Waals surface area contributed by atoms with Gasteiger partial charge in [0.2, 0.25) is 0 Å². The summed E-state index contributed by atoms with van der Waals surface area (Å²) in [5.74, 6) is 1.76. The average Bonchev–Trinajstić information content (AvgIpc) is 2.78. The quantitative estimate of drug-likeness (QED) is 0.697. The maximum Gasteiger partial charge on any atom is 0.158 e. The van der Waals surface area contributed by atoms with Gasteiger partial charge in [0.05, 0.1) is 5.60 Å². The molecule has 15 heavy (non-hydrogen) atoms. The summed E-state index contributed by atoms with van der Waals surface area (Å²) in [6.07, 6.45) is 9.19. The number of fused-ring (bicyclic) bond motifs is 2. The van der Waals surface area contributed by atoms with E-state index < -0.39 is 0 Å². The lowest BCUT2D eigenvalue weighted by atomic mass is 9.85. The summed E-state index contributed by atoms with van der Waals surface area (Å²) in [7, 11) is 0. The third kappa shape index (κ3) is 1.83. The van der Waals surface area contributed by atoms with E-state index in [0.29, 0.717) is 0 Å². The van der Waals surface area contributed by atoms with E-state index in [9.17, 15) is 0 Å². The maximum absolute atomic E-state index is 6.25. The van der Waals surface area contributed by atoms with Gasteiger partial charge in [-0.1, -0.05) is 0 Å². The van der Waals surface area contributed by atoms with Crippen LogP contribution in [0.15, 0.2) is 0 Å². The van der Waals surface area contributed by atoms with E-state index in [2.05, 4.69) is 6.92 Å². The van der Waals surface area contributed by atoms with Gasteiger partial charge >= 0.3 is 0 Å². The zero-order valence-corrected chi connectivity index (χ0v) is 9.71. The van der Waals surface area contributed by atoms with Crippen molar-refractivity contribution in [2.24, 2.45) is 11.8 Å². The van der Waals surface area contributed by atoms with Gasteiger partial charge in [0.25, 0.3) is 0 Å². The van der Waals surface area contributed by atoms with Gasteiger partial charge in [0.15, 0.2) is 6.29 Å². The van der Waals surface area contributed by atoms with Crippen LogP contribution < -0.4 is 0 Å². The largest absolute Gasteiger partial charge is 0.353 e. The molecule has 0 spiro atoms. The molecule has 1 saturated heterocycles. The number of ether oxygens (including phenoxy) is 2. The van der Waals surface area contributed by atoms with Crippen LogP contribution in [0.3, 0.4) is 0 Å². The first-order chi connectivity index (χ1) is 7.26. The molecule has 1 heterocycles. The Morgan fingerprint density at radius 1 is 1.20 bits per heavy atom. The van der Waals surface area contributed by atoms with Gasteiger partial charge < -0.3 is 9.47 Å². The van der Waals surface area contributed by atoms with Crippen molar-refractivity contribution in [2.75, 3.05) is 6.61 Å². The van der Waals surface area contributed by atoms with E-state index in [1.54, 1.807) is 0 Å². The summed E-state index contributed by atoms with van der Waals surface area (Å²) in [5.41, 5.74) is 0.144. The van der Waals surface area contributed by atoms with E-state index in [1.807, 2.05) is 0 Å². The van der Waals surface area contributed by atoms with Crippen molar-refractivity contribution in [3.05, 3.63) is 0 Å². The molecule has 2 saturated carbocycles. The highest BCUT2D eigenvalue weighted by atomic mass is 16.7. The molecule has 2 aliphatic carbocycles. The molecule has 0 radical (unpaired) electrons. The van der Waals surface area contributed by atoms with Crippen molar-refractivity contribution in [3.63, 3.8) is 0 Å². The molecule has 3 rings (SSSR count). The maximum atomic E-state index is 6.25. The van der Waals surface area contributed by atoms with Crippen molar-refractivity contribution >= 4 is 0 Å². The van der Waals surface area contributed by atoms with E-state index in [1.165, 1.54) is 38.5 Å². The summed E-state index contributed by atoms with van der Waals surface area (Å²) in [6.45, 7) is 3.21. The lowest BCUT2D eigenvalue weighted by Crippen LogP contribution is -2.40. The van der Waals surface area contributed by atoms with Crippen LogP contribution in [0.2, 0.25) is 0 Å². The smallest absolute Gasteiger partial charge is 0.158 e. The molecule has 3 fully saturated rings. The first-order valence-electron chi connectivity index (χ1n) is 6.56. The Hall–Kier alpha value is -0.0800. The van der Waals surface area contributed by atoms with Gasteiger partial charge in [-0.15, -0.1) is 0 Å². The minimum Gasteiger partial charge on any atom is -0.353 e. The van der Waals surface area contributed by atoms with Gasteiger partial charge in [-0.3, -0.25) is 0 Å². The Labute approximate surface area is 92.3 Å². The molecule has 0 aromatic heterocycles. The van der Waals surface area contributed by atoms with Gasteiger partial charge in [0, 0.05) is 6.61 Å². The summed E-state index contributed by atoms with van der Waals surface area (Å²) in [6, 6.07) is 0. The Morgan fingerprint density at radius 3 is 2.73 bits per heavy atom. The molecule has 86 valence electrons. The van der Waals surface area contributed by atoms with Crippen LogP contribution in [0.25, 0.3) is 0 Å². The van der Waals surface area contributed by atoms with Crippen molar-refractivity contribution in [1.29, 1.82) is 0 Å². The van der Waals surface area contributed by atoms with E-state index in [-0.39, 0.29) is 11.9 Å². The summed E-state index contributed by atoms with van der Waals surface area (Å²) in [5, 5.41) is 0. The number of rotatable bonds is 2. The Balaban J connectivity index is 1.61. The average molecular weight is 210 g/mol. The first kappa shape index (κ1) is 10.1. The molecule has 2 bridgehead atoms. The molecular formula is C13H22O2. The lowest BCUT2D eigenvalue weighted by Gasteiger charge is -2.38. The zero-order valence-electron chi connectivity index (χ0n) is 9.71. The normalized spacial score (nSPS) is 49.8. The van der Waals surface area contributed by atoms with Crippen LogP contribution in [0.5, 0.6) is 0 Å². The summed E-state index contributed by atoms with van der Waals surface area (Å²) in [4.78, 5) is 0. The van der Waals surface area contributed by atoms with Crippen molar-refractivity contribution in [3.8, 4) is 0 Å². The molecule has 4 atom stereocenters. The fourth-order valence-corrected chi connectivity index (χ4v) is 3.80. The van der Waals surface area contributed by atoms with Gasteiger partial charge in [-0.25, -0.2) is 0 Å². The van der Waals surface area contributed by atoms with Crippen LogP contribution in [-0.4, -0.2) is 18.5 Å². The fourth-order valence-electron chi connectivity index (χ4n) is 3.80. The molecular weight excluding hydrogens is 188 g/mol. The second kappa shape index (κ2) is 3.74. The minimum atomic E-state index is 0.100. The highest BCUT2D eigenvalue weighted by Gasteiger charge is 2.49. The standard InChI is InChI=1S/C13H22O2/c1-13(9-10-5-6-11(13)8-10)15-12-4-2-3-7-14-12/h10-12H,2-9H2,1H3. The Bertz CT molecular complexity index is 235. The van der Waals surface area contributed by atoms with Crippen LogP contribution >= 0.6 is 0 Å². The molecule has 4 unspecified atom stereocenters. The molecule has 0 aromatic carbocycles. The molecule has 2 nitrogen and oxygen atoms in total. The molecule has 1 aliphatic heterocycles. The van der Waals surface area contributed by atoms with Gasteiger partial charge in [0.1, 0.15) is 0 Å². The predicted molar refractivity (Wildman–Crippen MR) is 58.5 cm³/mol. The van der Waals surface area contributed by atoms with Crippen LogP contribution in [0.4, 0.5) is 0 Å². The fraction of sp³-hybridized carbons (Fsp3) is 1.00. The van der Waals surface area contributed by atoms with Crippen molar-refractivity contribution in [2.45, 2.75) is 63.8 Å². The lowest BCUT2D eigenvalue weighted by molar-refractivity contribution is -0.233. The topological polar surface area (TPSA) is 18.5 Å². The van der Waals surface area contributed by atoms with Crippen LogP contribution in [0.1, 0.15) is 51.9 Å². The van der Waals surface area contributed by atoms with Crippen molar-refractivity contribution < 1.29 is 9.47 Å². The minimum absolute atomic E-state index is 0.100. The van der Waals surface area contributed by atoms with Gasteiger partial charge in [-0.2, -0.15) is 0 Å². The highest BCUT2D eigenvalue weighted by molar-refractivity contribution is 4.99. The van der Waals surface area contributed by atoms with Crippen LogP contribution in [-0.2, 0) is 9.47 Å². The SMILES string of the molecule is CC1(OC2CCCCO2)CC2CCC1C2. The predicted octanol–water partition coefficient (Wildman–Crippen LogP) is 3.11. The Kier molecular flexibility index (Phi) is 2.52. The second-order valence-electron chi connectivity index (χ2n) is 5.81. The van der Waals surface area contributed by atoms with E-state index >= 15 is 0 Å². The first-order valence-corrected chi connectivity index (χ1v) is 6.56. The summed E-state index contributed by atoms with van der Waals surface area (Å²) < 4.78 is 11.9. The molecule has 2 heteroatoms. The molecule has 0 amide bonds. The number of hydrogen-bond acceptors (Lipinski definition) is 2. The molecule has 3 aliphatic rings. The van der Waals surface area contributed by atoms with E-state index in [4.69, 9.17) is 9.47 Å². The monoisotopic (exact) mass is 210 g/mol. The van der Waals surface area contributed by atoms with E-state index in [0.717, 1.165) is 24.9 Å². The second-order valence-corrected chi connectivity index (χ2v) is 5.81. The third-order valence-corrected chi connectivity index (χ3v) is 4.64. The Morgan fingerprint density at radius 2 is 2.13 bits per heavy atom. The highest BCUT2D eigenvalue weighted by Crippen LogP contribution is 2.53. The van der Waals surface area contributed by atoms with Gasteiger partial charge in [-0.05, 0) is 63.7 Å². The molecule has 0 N–H and O–H groups in total. The van der Waals surface area contributed by atoms with Crippen molar-refractivity contribution in [1.82, 2.24) is 0 Å².